The molecule has 1 aliphatic heterocycles. The van der Waals surface area contributed by atoms with Crippen molar-refractivity contribution < 1.29 is 9.59 Å². The highest BCUT2D eigenvalue weighted by Gasteiger charge is 2.47. The van der Waals surface area contributed by atoms with Gasteiger partial charge in [0.05, 0.1) is 0 Å². The van der Waals surface area contributed by atoms with Crippen LogP contribution in [0.5, 0.6) is 0 Å². The van der Waals surface area contributed by atoms with Gasteiger partial charge in [-0.15, -0.1) is 5.92 Å². The third-order valence-corrected chi connectivity index (χ3v) is 6.70. The molecule has 1 aliphatic carbocycles. The maximum Gasteiger partial charge on any atom is 0.148 e. The molecule has 1 N–H and O–H groups in total. The van der Waals surface area contributed by atoms with Gasteiger partial charge in [0, 0.05) is 43.6 Å². The van der Waals surface area contributed by atoms with Crippen LogP contribution in [0.15, 0.2) is 12.1 Å². The molecule has 0 radical (unpaired) electrons. The highest BCUT2D eigenvalue weighted by atomic mass is 32.2. The number of nitrogens with zero attached hydrogens (tertiary/aromatic N) is 1. The summed E-state index contributed by atoms with van der Waals surface area (Å²) >= 11 is 1.61. The number of nitrogens with one attached hydrogen (secondary N) is 1. The number of hydrogen-bond donors (Lipinski definition) is 1. The number of ketones is 2. The Bertz CT molecular complexity index is 770. The number of Topliss-reactive ketones (excluding diaryl/α,β-unsaturated/α-hetero) is 2. The van der Waals surface area contributed by atoms with Gasteiger partial charge in [-0.2, -0.15) is 0 Å². The SMILES string of the molecule is CC#Cc1cc(C)c(C2C(=O)CC3(CCN(SNC)CC3)CC2=O)c(C)c1. The Morgan fingerprint density at radius 1 is 1.11 bits per heavy atom. The summed E-state index contributed by atoms with van der Waals surface area (Å²) in [7, 11) is 1.91. The van der Waals surface area contributed by atoms with Crippen molar-refractivity contribution in [2.24, 2.45) is 5.41 Å². The van der Waals surface area contributed by atoms with Crippen LogP contribution in [0.2, 0.25) is 0 Å². The van der Waals surface area contributed by atoms with E-state index < -0.39 is 5.92 Å². The van der Waals surface area contributed by atoms with Crippen molar-refractivity contribution in [3.63, 3.8) is 0 Å². The predicted octanol–water partition coefficient (Wildman–Crippen LogP) is 3.56. The van der Waals surface area contributed by atoms with Crippen molar-refractivity contribution >= 4 is 23.7 Å². The Hall–Kier alpha value is -1.61. The molecule has 0 atom stereocenters. The fraction of sp³-hybridized carbons (Fsp3) is 0.545. The van der Waals surface area contributed by atoms with E-state index in [2.05, 4.69) is 20.9 Å². The Labute approximate surface area is 166 Å². The summed E-state index contributed by atoms with van der Waals surface area (Å²) in [5.41, 5.74) is 3.71. The number of carbonyl (C=O) groups is 2. The zero-order valence-electron chi connectivity index (χ0n) is 16.6. The molecule has 1 aromatic carbocycles. The number of rotatable bonds is 3. The van der Waals surface area contributed by atoms with E-state index in [1.54, 1.807) is 12.1 Å². The topological polar surface area (TPSA) is 49.4 Å². The van der Waals surface area contributed by atoms with Crippen LogP contribution in [0.25, 0.3) is 0 Å². The monoisotopic (exact) mass is 384 g/mol. The molecule has 27 heavy (non-hydrogen) atoms. The Morgan fingerprint density at radius 2 is 1.67 bits per heavy atom. The first kappa shape index (κ1) is 20.1. The maximum absolute atomic E-state index is 13.1. The molecule has 1 saturated heterocycles. The van der Waals surface area contributed by atoms with Crippen molar-refractivity contribution in [2.45, 2.75) is 52.4 Å². The lowest BCUT2D eigenvalue weighted by molar-refractivity contribution is -0.137. The molecular weight excluding hydrogens is 356 g/mol. The second-order valence-electron chi connectivity index (χ2n) is 7.84. The van der Waals surface area contributed by atoms with Crippen molar-refractivity contribution in [3.8, 4) is 11.8 Å². The number of aryl methyl sites for hydroxylation is 2. The average Bonchev–Trinajstić information content (AvgIpc) is 2.59. The molecule has 0 unspecified atom stereocenters. The van der Waals surface area contributed by atoms with Gasteiger partial charge in [0.2, 0.25) is 0 Å². The molecule has 3 rings (SSSR count). The predicted molar refractivity (Wildman–Crippen MR) is 110 cm³/mol. The van der Waals surface area contributed by atoms with E-state index >= 15 is 0 Å². The second kappa shape index (κ2) is 8.18. The Morgan fingerprint density at radius 3 is 2.15 bits per heavy atom. The van der Waals surface area contributed by atoms with Crippen LogP contribution >= 0.6 is 12.1 Å². The summed E-state index contributed by atoms with van der Waals surface area (Å²) in [4.78, 5) is 26.2. The molecule has 4 nitrogen and oxygen atoms in total. The molecule has 1 aromatic rings. The molecule has 1 heterocycles. The average molecular weight is 385 g/mol. The highest BCUT2D eigenvalue weighted by Crippen LogP contribution is 2.47. The van der Waals surface area contributed by atoms with Crippen LogP contribution in [0.1, 0.15) is 60.8 Å². The van der Waals surface area contributed by atoms with Crippen LogP contribution < -0.4 is 4.72 Å². The van der Waals surface area contributed by atoms with Crippen molar-refractivity contribution in [1.82, 2.24) is 9.03 Å². The molecule has 0 bridgehead atoms. The van der Waals surface area contributed by atoms with Crippen molar-refractivity contribution in [2.75, 3.05) is 20.1 Å². The van der Waals surface area contributed by atoms with E-state index in [0.29, 0.717) is 12.8 Å². The molecule has 2 fully saturated rings. The van der Waals surface area contributed by atoms with Gasteiger partial charge in [0.1, 0.15) is 17.5 Å². The van der Waals surface area contributed by atoms with E-state index in [1.807, 2.05) is 40.0 Å². The first-order chi connectivity index (χ1) is 12.9. The van der Waals surface area contributed by atoms with Crippen LogP contribution in [-0.4, -0.2) is 36.0 Å². The van der Waals surface area contributed by atoms with Crippen LogP contribution in [0.3, 0.4) is 0 Å². The minimum absolute atomic E-state index is 0.0986. The number of benzene rings is 1. The maximum atomic E-state index is 13.1. The van der Waals surface area contributed by atoms with Gasteiger partial charge in [-0.05, 0) is 74.9 Å². The van der Waals surface area contributed by atoms with Crippen LogP contribution in [0.4, 0.5) is 0 Å². The van der Waals surface area contributed by atoms with Crippen molar-refractivity contribution in [3.05, 3.63) is 34.4 Å². The van der Waals surface area contributed by atoms with Gasteiger partial charge in [-0.25, -0.2) is 4.31 Å². The summed E-state index contributed by atoms with van der Waals surface area (Å²) in [5.74, 6) is 5.59. The summed E-state index contributed by atoms with van der Waals surface area (Å²) < 4.78 is 5.37. The lowest BCUT2D eigenvalue weighted by atomic mass is 9.63. The third kappa shape index (κ3) is 4.13. The summed E-state index contributed by atoms with van der Waals surface area (Å²) in [6.07, 6.45) is 2.87. The molecule has 1 saturated carbocycles. The lowest BCUT2D eigenvalue weighted by Crippen LogP contribution is -2.45. The molecular formula is C22H28N2O2S. The first-order valence-electron chi connectivity index (χ1n) is 9.57. The van der Waals surface area contributed by atoms with Gasteiger partial charge in [0.25, 0.3) is 0 Å². The van der Waals surface area contributed by atoms with Crippen LogP contribution in [-0.2, 0) is 9.59 Å². The molecule has 1 spiro atoms. The van der Waals surface area contributed by atoms with Crippen molar-refractivity contribution in [1.29, 1.82) is 0 Å². The smallest absolute Gasteiger partial charge is 0.148 e. The van der Waals surface area contributed by atoms with E-state index in [-0.39, 0.29) is 17.0 Å². The zero-order valence-corrected chi connectivity index (χ0v) is 17.5. The number of carbonyl (C=O) groups excluding carboxylic acids is 2. The minimum Gasteiger partial charge on any atom is -0.299 e. The minimum atomic E-state index is -0.594. The molecule has 5 heteroatoms. The number of piperidine rings is 1. The van der Waals surface area contributed by atoms with Gasteiger partial charge in [-0.1, -0.05) is 5.92 Å². The normalized spacial score (nSPS) is 20.6. The summed E-state index contributed by atoms with van der Waals surface area (Å²) in [5, 5.41) is 0. The molecule has 0 amide bonds. The summed E-state index contributed by atoms with van der Waals surface area (Å²) in [6.45, 7) is 7.62. The van der Waals surface area contributed by atoms with Gasteiger partial charge >= 0.3 is 0 Å². The zero-order chi connectivity index (χ0) is 19.6. The lowest BCUT2D eigenvalue weighted by Gasteiger charge is -2.44. The Balaban J connectivity index is 1.82. The van der Waals surface area contributed by atoms with E-state index in [4.69, 9.17) is 0 Å². The number of hydrogen-bond acceptors (Lipinski definition) is 5. The molecule has 0 aromatic heterocycles. The van der Waals surface area contributed by atoms with Gasteiger partial charge < -0.3 is 0 Å². The van der Waals surface area contributed by atoms with E-state index in [9.17, 15) is 9.59 Å². The van der Waals surface area contributed by atoms with E-state index in [0.717, 1.165) is 48.2 Å². The summed E-state index contributed by atoms with van der Waals surface area (Å²) in [6, 6.07) is 3.99. The second-order valence-corrected chi connectivity index (χ2v) is 8.95. The van der Waals surface area contributed by atoms with E-state index in [1.165, 1.54) is 0 Å². The first-order valence-corrected chi connectivity index (χ1v) is 10.3. The highest BCUT2D eigenvalue weighted by molar-refractivity contribution is 7.95. The molecule has 144 valence electrons. The molecule has 2 aliphatic rings. The standard InChI is InChI=1S/C22H28N2O2S/c1-5-6-17-11-15(2)20(16(3)12-17)21-18(25)13-22(14-19(21)26)7-9-24(10-8-22)27-23-4/h11-12,21,23H,7-10,13-14H2,1-4H3. The third-order valence-electron chi connectivity index (χ3n) is 5.90. The van der Waals surface area contributed by atoms with Crippen LogP contribution in [0, 0.1) is 31.1 Å². The largest absolute Gasteiger partial charge is 0.299 e. The quantitative estimate of drug-likeness (QED) is 0.491. The fourth-order valence-electron chi connectivity index (χ4n) is 4.69. The van der Waals surface area contributed by atoms with Gasteiger partial charge in [0.15, 0.2) is 0 Å². The van der Waals surface area contributed by atoms with Gasteiger partial charge in [-0.3, -0.25) is 14.3 Å². The fourth-order valence-corrected chi connectivity index (χ4v) is 5.31. The Kier molecular flexibility index (Phi) is 6.10.